The number of hydrogen-bond acceptors (Lipinski definition) is 4. The van der Waals surface area contributed by atoms with Crippen molar-refractivity contribution in [2.24, 2.45) is 0 Å². The van der Waals surface area contributed by atoms with E-state index in [1.165, 1.54) is 4.68 Å². The predicted molar refractivity (Wildman–Crippen MR) is 114 cm³/mol. The summed E-state index contributed by atoms with van der Waals surface area (Å²) >= 11 is 0. The normalized spacial score (nSPS) is 10.8. The average molecular weight is 384 g/mol. The van der Waals surface area contributed by atoms with Crippen LogP contribution in [0.3, 0.4) is 0 Å². The van der Waals surface area contributed by atoms with E-state index in [1.807, 2.05) is 61.5 Å². The number of aromatic nitrogens is 2. The molecule has 0 aliphatic heterocycles. The minimum atomic E-state index is -0.279. The molecular weight excluding hydrogens is 364 g/mol. The van der Waals surface area contributed by atoms with E-state index in [9.17, 15) is 9.59 Å². The lowest BCUT2D eigenvalue weighted by atomic mass is 10.0. The molecule has 0 aliphatic rings. The summed E-state index contributed by atoms with van der Waals surface area (Å²) < 4.78 is 6.48. The first-order chi connectivity index (χ1) is 14.1. The Balaban J connectivity index is 1.82. The minimum Gasteiger partial charge on any atom is -0.497 e. The van der Waals surface area contributed by atoms with Crippen molar-refractivity contribution in [3.05, 3.63) is 94.3 Å². The Morgan fingerprint density at radius 3 is 2.24 bits per heavy atom. The molecule has 4 aromatic rings. The molecule has 0 aliphatic carbocycles. The molecule has 5 heteroatoms. The maximum absolute atomic E-state index is 13.0. The molecule has 0 atom stereocenters. The van der Waals surface area contributed by atoms with Crippen molar-refractivity contribution in [1.29, 1.82) is 0 Å². The van der Waals surface area contributed by atoms with E-state index in [0.717, 1.165) is 22.3 Å². The number of Topliss-reactive ketones (excluding diaryl/α,β-unsaturated/α-hetero) is 1. The molecule has 0 unspecified atom stereocenters. The molecule has 0 N–H and O–H groups in total. The number of carbonyl (C=O) groups excluding carboxylic acids is 1. The number of aryl methyl sites for hydroxylation is 1. The Morgan fingerprint density at radius 2 is 1.59 bits per heavy atom. The Morgan fingerprint density at radius 1 is 0.931 bits per heavy atom. The smallest absolute Gasteiger partial charge is 0.275 e. The summed E-state index contributed by atoms with van der Waals surface area (Å²) in [7, 11) is 1.61. The number of benzene rings is 3. The van der Waals surface area contributed by atoms with E-state index in [0.29, 0.717) is 16.6 Å². The minimum absolute atomic E-state index is 0.115. The van der Waals surface area contributed by atoms with Crippen molar-refractivity contribution in [1.82, 2.24) is 9.78 Å². The zero-order valence-electron chi connectivity index (χ0n) is 16.3. The third-order valence-corrected chi connectivity index (χ3v) is 4.90. The summed E-state index contributed by atoms with van der Waals surface area (Å²) in [6.45, 7) is 1.85. The zero-order valence-corrected chi connectivity index (χ0v) is 16.3. The van der Waals surface area contributed by atoms with Crippen LogP contribution in [0, 0.1) is 6.92 Å². The largest absolute Gasteiger partial charge is 0.497 e. The van der Waals surface area contributed by atoms with Crippen molar-refractivity contribution < 1.29 is 9.53 Å². The molecular formula is C24H20N2O3. The predicted octanol–water partition coefficient (Wildman–Crippen LogP) is 4.26. The van der Waals surface area contributed by atoms with Crippen molar-refractivity contribution in [2.75, 3.05) is 7.11 Å². The molecule has 29 heavy (non-hydrogen) atoms. The number of hydrogen-bond donors (Lipinski definition) is 0. The fourth-order valence-electron chi connectivity index (χ4n) is 3.27. The van der Waals surface area contributed by atoms with Crippen LogP contribution in [0.4, 0.5) is 0 Å². The second kappa shape index (κ2) is 7.72. The summed E-state index contributed by atoms with van der Waals surface area (Å²) in [5.74, 6) is 0.580. The molecule has 0 fully saturated rings. The van der Waals surface area contributed by atoms with Gasteiger partial charge in [-0.15, -0.1) is 0 Å². The number of carbonyl (C=O) groups is 1. The van der Waals surface area contributed by atoms with Gasteiger partial charge in [-0.3, -0.25) is 9.59 Å². The number of rotatable bonds is 5. The van der Waals surface area contributed by atoms with Crippen molar-refractivity contribution >= 4 is 16.6 Å². The number of ether oxygens (including phenoxy) is 1. The number of fused-ring (bicyclic) bond motifs is 1. The van der Waals surface area contributed by atoms with Gasteiger partial charge in [-0.1, -0.05) is 48.0 Å². The summed E-state index contributed by atoms with van der Waals surface area (Å²) in [6, 6.07) is 22.1. The molecule has 0 radical (unpaired) electrons. The maximum Gasteiger partial charge on any atom is 0.275 e. The van der Waals surface area contributed by atoms with Gasteiger partial charge in [0.2, 0.25) is 0 Å². The van der Waals surface area contributed by atoms with Crippen LogP contribution in [0.2, 0.25) is 0 Å². The highest BCUT2D eigenvalue weighted by molar-refractivity contribution is 5.97. The Hall–Kier alpha value is -3.73. The molecule has 0 bridgehead atoms. The van der Waals surface area contributed by atoms with E-state index in [1.54, 1.807) is 25.3 Å². The molecule has 0 saturated carbocycles. The maximum atomic E-state index is 13.0. The van der Waals surface area contributed by atoms with Crippen LogP contribution < -0.4 is 10.3 Å². The van der Waals surface area contributed by atoms with Crippen LogP contribution >= 0.6 is 0 Å². The van der Waals surface area contributed by atoms with Gasteiger partial charge >= 0.3 is 0 Å². The molecule has 0 saturated heterocycles. The molecule has 3 aromatic carbocycles. The summed E-state index contributed by atoms with van der Waals surface area (Å²) in [5.41, 5.74) is 2.85. The average Bonchev–Trinajstić information content (AvgIpc) is 2.76. The van der Waals surface area contributed by atoms with E-state index in [-0.39, 0.29) is 17.9 Å². The molecule has 0 amide bonds. The second-order valence-corrected chi connectivity index (χ2v) is 6.87. The summed E-state index contributed by atoms with van der Waals surface area (Å²) in [5, 5.41) is 5.84. The van der Waals surface area contributed by atoms with Gasteiger partial charge in [-0.05, 0) is 37.3 Å². The first-order valence-electron chi connectivity index (χ1n) is 9.31. The van der Waals surface area contributed by atoms with Gasteiger partial charge in [0.25, 0.3) is 5.56 Å². The van der Waals surface area contributed by atoms with E-state index in [2.05, 4.69) is 5.10 Å². The summed E-state index contributed by atoms with van der Waals surface area (Å²) in [4.78, 5) is 25.7. The lowest BCUT2D eigenvalue weighted by Gasteiger charge is -2.11. The fourth-order valence-corrected chi connectivity index (χ4v) is 3.27. The Kier molecular flexibility index (Phi) is 4.96. The van der Waals surface area contributed by atoms with Gasteiger partial charge in [0.1, 0.15) is 12.3 Å². The van der Waals surface area contributed by atoms with Gasteiger partial charge in [0.05, 0.1) is 18.2 Å². The van der Waals surface area contributed by atoms with Gasteiger partial charge in [0.15, 0.2) is 5.78 Å². The third-order valence-electron chi connectivity index (χ3n) is 4.90. The first kappa shape index (κ1) is 18.6. The first-order valence-corrected chi connectivity index (χ1v) is 9.31. The molecule has 1 aromatic heterocycles. The summed E-state index contributed by atoms with van der Waals surface area (Å²) in [6.07, 6.45) is 0. The quantitative estimate of drug-likeness (QED) is 0.482. The number of methoxy groups -OCH3 is 1. The van der Waals surface area contributed by atoms with Gasteiger partial charge in [-0.2, -0.15) is 5.10 Å². The Bertz CT molecular complexity index is 1240. The van der Waals surface area contributed by atoms with Crippen molar-refractivity contribution in [3.8, 4) is 17.0 Å². The topological polar surface area (TPSA) is 61.2 Å². The zero-order chi connectivity index (χ0) is 20.4. The van der Waals surface area contributed by atoms with Crippen LogP contribution in [0.15, 0.2) is 77.6 Å². The standard InChI is InChI=1S/C24H20N2O3/c1-16-7-9-17(10-8-16)22(27)15-26-24(28)21-6-4-3-5-20(21)23(25-26)18-11-13-19(29-2)14-12-18/h3-14H,15H2,1-2H3. The van der Waals surface area contributed by atoms with Crippen molar-refractivity contribution in [2.45, 2.75) is 13.5 Å². The lowest BCUT2D eigenvalue weighted by molar-refractivity contribution is 0.0966. The number of ketones is 1. The molecule has 144 valence electrons. The second-order valence-electron chi connectivity index (χ2n) is 6.87. The highest BCUT2D eigenvalue weighted by Crippen LogP contribution is 2.26. The van der Waals surface area contributed by atoms with E-state index < -0.39 is 0 Å². The van der Waals surface area contributed by atoms with E-state index >= 15 is 0 Å². The van der Waals surface area contributed by atoms with Crippen LogP contribution in [-0.4, -0.2) is 22.7 Å². The van der Waals surface area contributed by atoms with Crippen LogP contribution in [-0.2, 0) is 6.54 Å². The molecule has 5 nitrogen and oxygen atoms in total. The monoisotopic (exact) mass is 384 g/mol. The highest BCUT2D eigenvalue weighted by atomic mass is 16.5. The lowest BCUT2D eigenvalue weighted by Crippen LogP contribution is -2.27. The van der Waals surface area contributed by atoms with Gasteiger partial charge in [-0.25, -0.2) is 4.68 Å². The van der Waals surface area contributed by atoms with E-state index in [4.69, 9.17) is 4.74 Å². The Labute approximate surface area is 168 Å². The van der Waals surface area contributed by atoms with Crippen LogP contribution in [0.1, 0.15) is 15.9 Å². The third kappa shape index (κ3) is 3.67. The number of nitrogens with zero attached hydrogens (tertiary/aromatic N) is 2. The molecule has 4 rings (SSSR count). The SMILES string of the molecule is COc1ccc(-c2nn(CC(=O)c3ccc(C)cc3)c(=O)c3ccccc23)cc1. The van der Waals surface area contributed by atoms with Gasteiger partial charge in [0, 0.05) is 16.5 Å². The van der Waals surface area contributed by atoms with Gasteiger partial charge < -0.3 is 4.74 Å². The molecule has 0 spiro atoms. The molecule has 1 heterocycles. The highest BCUT2D eigenvalue weighted by Gasteiger charge is 2.15. The van der Waals surface area contributed by atoms with Crippen LogP contribution in [0.25, 0.3) is 22.0 Å². The van der Waals surface area contributed by atoms with Crippen molar-refractivity contribution in [3.63, 3.8) is 0 Å². The van der Waals surface area contributed by atoms with Crippen LogP contribution in [0.5, 0.6) is 5.75 Å². The fraction of sp³-hybridized carbons (Fsp3) is 0.125.